The van der Waals surface area contributed by atoms with Crippen LogP contribution in [0.4, 0.5) is 0 Å². The zero-order chi connectivity index (χ0) is 13.0. The van der Waals surface area contributed by atoms with Gasteiger partial charge in [-0.1, -0.05) is 0 Å². The summed E-state index contributed by atoms with van der Waals surface area (Å²) >= 11 is 0. The monoisotopic (exact) mass is 262 g/mol. The number of hydrogen-bond donors (Lipinski definition) is 0. The largest absolute Gasteiger partial charge is 0.303 e. The molecule has 0 amide bonds. The van der Waals surface area contributed by atoms with Crippen molar-refractivity contribution in [1.82, 2.24) is 9.80 Å². The third kappa shape index (κ3) is 2.25. The summed E-state index contributed by atoms with van der Waals surface area (Å²) in [5.41, 5.74) is 0. The summed E-state index contributed by atoms with van der Waals surface area (Å²) in [6, 6.07) is 2.60. The Labute approximate surface area is 118 Å². The second kappa shape index (κ2) is 4.73. The zero-order valence-electron chi connectivity index (χ0n) is 12.7. The molecule has 1 saturated carbocycles. The van der Waals surface area contributed by atoms with Gasteiger partial charge in [-0.05, 0) is 70.1 Å². The molecule has 108 valence electrons. The minimum absolute atomic E-state index is 0.765. The van der Waals surface area contributed by atoms with Crippen molar-refractivity contribution in [3.8, 4) is 0 Å². The molecular formula is C17H30N2. The molecule has 2 atom stereocenters. The van der Waals surface area contributed by atoms with Crippen LogP contribution in [-0.4, -0.2) is 47.6 Å². The zero-order valence-corrected chi connectivity index (χ0v) is 12.7. The van der Waals surface area contributed by atoms with Gasteiger partial charge in [0, 0.05) is 37.8 Å². The van der Waals surface area contributed by atoms with Gasteiger partial charge in [0.05, 0.1) is 0 Å². The van der Waals surface area contributed by atoms with E-state index in [1.54, 1.807) is 12.8 Å². The molecule has 2 unspecified atom stereocenters. The lowest BCUT2D eigenvalue weighted by Gasteiger charge is -2.49. The molecule has 5 aliphatic rings. The second-order valence-corrected chi connectivity index (χ2v) is 8.19. The smallest absolute Gasteiger partial charge is 0.0105 e. The minimum atomic E-state index is 0.765. The second-order valence-electron chi connectivity index (χ2n) is 8.19. The molecule has 4 bridgehead atoms. The summed E-state index contributed by atoms with van der Waals surface area (Å²) < 4.78 is 0. The van der Waals surface area contributed by atoms with E-state index in [-0.39, 0.29) is 0 Å². The van der Waals surface area contributed by atoms with Gasteiger partial charge in [-0.15, -0.1) is 0 Å². The van der Waals surface area contributed by atoms with Crippen molar-refractivity contribution >= 4 is 0 Å². The first-order valence-electron chi connectivity index (χ1n) is 8.69. The van der Waals surface area contributed by atoms with Gasteiger partial charge in [0.25, 0.3) is 0 Å². The molecule has 0 N–H and O–H groups in total. The van der Waals surface area contributed by atoms with Crippen molar-refractivity contribution in [1.29, 1.82) is 0 Å². The highest BCUT2D eigenvalue weighted by atomic mass is 15.2. The van der Waals surface area contributed by atoms with Crippen molar-refractivity contribution in [2.24, 2.45) is 17.8 Å². The highest BCUT2D eigenvalue weighted by Crippen LogP contribution is 2.43. The molecule has 2 heteroatoms. The van der Waals surface area contributed by atoms with E-state index in [0.29, 0.717) is 0 Å². The standard InChI is InChI=1S/C17H30N2/c1-12(2)19-16-3-4-17(19)8-15(7-16)11-18-9-13-5-14(6-13)10-18/h12-17H,3-11H2,1-2H3. The molecule has 0 aromatic carbocycles. The summed E-state index contributed by atoms with van der Waals surface area (Å²) in [4.78, 5) is 5.65. The van der Waals surface area contributed by atoms with E-state index in [2.05, 4.69) is 23.6 Å². The fraction of sp³-hybridized carbons (Fsp3) is 1.00. The van der Waals surface area contributed by atoms with Gasteiger partial charge in [-0.2, -0.15) is 0 Å². The van der Waals surface area contributed by atoms with E-state index in [4.69, 9.17) is 0 Å². The van der Waals surface area contributed by atoms with Crippen molar-refractivity contribution < 1.29 is 0 Å². The molecule has 19 heavy (non-hydrogen) atoms. The first-order valence-corrected chi connectivity index (χ1v) is 8.69. The number of hydrogen-bond acceptors (Lipinski definition) is 2. The molecule has 4 saturated heterocycles. The van der Waals surface area contributed by atoms with E-state index >= 15 is 0 Å². The Morgan fingerprint density at radius 1 is 0.895 bits per heavy atom. The minimum Gasteiger partial charge on any atom is -0.303 e. The molecule has 2 nitrogen and oxygen atoms in total. The van der Waals surface area contributed by atoms with Crippen LogP contribution in [0.25, 0.3) is 0 Å². The van der Waals surface area contributed by atoms with Crippen molar-refractivity contribution in [2.45, 2.75) is 70.5 Å². The Kier molecular flexibility index (Phi) is 3.15. The summed E-state index contributed by atoms with van der Waals surface area (Å²) in [6.45, 7) is 9.06. The number of fused-ring (bicyclic) bond motifs is 4. The van der Waals surface area contributed by atoms with E-state index in [9.17, 15) is 0 Å². The molecule has 4 heterocycles. The Morgan fingerprint density at radius 3 is 2.00 bits per heavy atom. The normalized spacial score (nSPS) is 46.6. The van der Waals surface area contributed by atoms with Crippen molar-refractivity contribution in [2.75, 3.05) is 19.6 Å². The van der Waals surface area contributed by atoms with Crippen LogP contribution in [0.3, 0.4) is 0 Å². The van der Waals surface area contributed by atoms with Gasteiger partial charge in [0.2, 0.25) is 0 Å². The number of rotatable bonds is 3. The van der Waals surface area contributed by atoms with Crippen LogP contribution in [0.2, 0.25) is 0 Å². The topological polar surface area (TPSA) is 6.48 Å². The van der Waals surface area contributed by atoms with E-state index < -0.39 is 0 Å². The summed E-state index contributed by atoms with van der Waals surface area (Å²) in [5, 5.41) is 0. The summed E-state index contributed by atoms with van der Waals surface area (Å²) in [6.07, 6.45) is 9.03. The van der Waals surface area contributed by atoms with E-state index in [1.807, 2.05) is 0 Å². The fourth-order valence-electron chi connectivity index (χ4n) is 5.81. The Hall–Kier alpha value is -0.0800. The molecule has 0 radical (unpaired) electrons. The summed E-state index contributed by atoms with van der Waals surface area (Å²) in [7, 11) is 0. The quantitative estimate of drug-likeness (QED) is 0.771. The Morgan fingerprint density at radius 2 is 1.47 bits per heavy atom. The van der Waals surface area contributed by atoms with Gasteiger partial charge in [0.15, 0.2) is 0 Å². The van der Waals surface area contributed by atoms with Gasteiger partial charge < -0.3 is 4.90 Å². The van der Waals surface area contributed by atoms with Crippen LogP contribution in [0.5, 0.6) is 0 Å². The SMILES string of the molecule is CC(C)N1C2CCC1CC(CN1CC3CC(C3)C1)C2. The average Bonchev–Trinajstić information content (AvgIpc) is 2.61. The van der Waals surface area contributed by atoms with Crippen LogP contribution in [0.1, 0.15) is 52.4 Å². The predicted octanol–water partition coefficient (Wildman–Crippen LogP) is 2.98. The maximum absolute atomic E-state index is 2.84. The third-order valence-corrected chi connectivity index (χ3v) is 6.37. The first-order chi connectivity index (χ1) is 9.19. The average molecular weight is 262 g/mol. The third-order valence-electron chi connectivity index (χ3n) is 6.37. The highest BCUT2D eigenvalue weighted by Gasteiger charge is 2.43. The maximum Gasteiger partial charge on any atom is 0.0105 e. The molecule has 1 aliphatic carbocycles. The number of nitrogens with zero attached hydrogens (tertiary/aromatic N) is 2. The summed E-state index contributed by atoms with van der Waals surface area (Å²) in [5.74, 6) is 3.16. The van der Waals surface area contributed by atoms with Crippen LogP contribution in [0.15, 0.2) is 0 Å². The van der Waals surface area contributed by atoms with Gasteiger partial charge in [0.1, 0.15) is 0 Å². The van der Waals surface area contributed by atoms with E-state index in [1.165, 1.54) is 45.3 Å². The lowest BCUT2D eigenvalue weighted by Crippen LogP contribution is -2.52. The highest BCUT2D eigenvalue weighted by molar-refractivity contribution is 4.98. The van der Waals surface area contributed by atoms with Gasteiger partial charge >= 0.3 is 0 Å². The van der Waals surface area contributed by atoms with Crippen LogP contribution >= 0.6 is 0 Å². The van der Waals surface area contributed by atoms with Crippen LogP contribution < -0.4 is 0 Å². The molecular weight excluding hydrogens is 232 g/mol. The number of piperidine rings is 3. The molecule has 0 aromatic rings. The van der Waals surface area contributed by atoms with Gasteiger partial charge in [-0.3, -0.25) is 4.90 Å². The van der Waals surface area contributed by atoms with Crippen molar-refractivity contribution in [3.63, 3.8) is 0 Å². The fourth-order valence-corrected chi connectivity index (χ4v) is 5.81. The van der Waals surface area contributed by atoms with Crippen LogP contribution in [0, 0.1) is 17.8 Å². The maximum atomic E-state index is 2.84. The Balaban J connectivity index is 1.35. The van der Waals surface area contributed by atoms with E-state index in [0.717, 1.165) is 35.9 Å². The molecule has 5 rings (SSSR count). The predicted molar refractivity (Wildman–Crippen MR) is 79.2 cm³/mol. The first kappa shape index (κ1) is 12.6. The molecule has 4 aliphatic heterocycles. The Bertz CT molecular complexity index is 310. The lowest BCUT2D eigenvalue weighted by molar-refractivity contribution is 0.000249. The molecule has 0 aromatic heterocycles. The lowest BCUT2D eigenvalue weighted by atomic mass is 9.71. The molecule has 0 spiro atoms. The van der Waals surface area contributed by atoms with Gasteiger partial charge in [-0.25, -0.2) is 0 Å². The van der Waals surface area contributed by atoms with Crippen LogP contribution in [-0.2, 0) is 0 Å². The molecule has 5 fully saturated rings. The van der Waals surface area contributed by atoms with Crippen molar-refractivity contribution in [3.05, 3.63) is 0 Å².